The van der Waals surface area contributed by atoms with E-state index < -0.39 is 35.7 Å². The van der Waals surface area contributed by atoms with Crippen molar-refractivity contribution in [1.82, 2.24) is 5.32 Å². The van der Waals surface area contributed by atoms with E-state index in [1.165, 1.54) is 18.9 Å². The maximum Gasteiger partial charge on any atom is 0.332 e. The fourth-order valence-corrected chi connectivity index (χ4v) is 7.48. The summed E-state index contributed by atoms with van der Waals surface area (Å²) < 4.78 is 11.6. The molecule has 0 spiro atoms. The summed E-state index contributed by atoms with van der Waals surface area (Å²) >= 11 is 1.32. The Bertz CT molecular complexity index is 1660. The van der Waals surface area contributed by atoms with Crippen LogP contribution in [0.4, 0.5) is 11.4 Å². The zero-order valence-electron chi connectivity index (χ0n) is 29.5. The van der Waals surface area contributed by atoms with Gasteiger partial charge >= 0.3 is 5.97 Å². The fourth-order valence-electron chi connectivity index (χ4n) is 6.49. The summed E-state index contributed by atoms with van der Waals surface area (Å²) in [5.74, 6) is -1.63. The number of thioether (sulfide) groups is 1. The highest BCUT2D eigenvalue weighted by Crippen LogP contribution is 2.44. The normalized spacial score (nSPS) is 25.6. The van der Waals surface area contributed by atoms with Crippen LogP contribution in [-0.2, 0) is 35.1 Å². The molecule has 12 heteroatoms. The van der Waals surface area contributed by atoms with Gasteiger partial charge in [0.1, 0.15) is 17.4 Å². The van der Waals surface area contributed by atoms with Gasteiger partial charge in [0.2, 0.25) is 17.7 Å². The Morgan fingerprint density at radius 3 is 2.49 bits per heavy atom. The minimum Gasteiger partial charge on any atom is -0.505 e. The highest BCUT2D eigenvalue weighted by Gasteiger charge is 2.54. The van der Waals surface area contributed by atoms with Gasteiger partial charge in [-0.3, -0.25) is 14.4 Å². The van der Waals surface area contributed by atoms with E-state index in [4.69, 9.17) is 9.47 Å². The number of fused-ring (bicyclic) bond motifs is 4. The minimum atomic E-state index is -1.05. The lowest BCUT2D eigenvalue weighted by atomic mass is 9.90. The first-order chi connectivity index (χ1) is 24.5. The third kappa shape index (κ3) is 9.81. The van der Waals surface area contributed by atoms with Crippen LogP contribution in [0.3, 0.4) is 0 Å². The predicted octanol–water partition coefficient (Wildman–Crippen LogP) is 5.79. The van der Waals surface area contributed by atoms with Crippen LogP contribution < -0.4 is 16.0 Å². The number of rotatable bonds is 5. The number of amides is 3. The number of anilines is 2. The van der Waals surface area contributed by atoms with E-state index in [1.807, 2.05) is 38.2 Å². The van der Waals surface area contributed by atoms with E-state index in [0.29, 0.717) is 55.3 Å². The molecule has 5 rings (SSSR count). The number of aromatic hydroxyl groups is 1. The Morgan fingerprint density at radius 1 is 1.00 bits per heavy atom. The summed E-state index contributed by atoms with van der Waals surface area (Å²) in [6.45, 7) is 3.65. The van der Waals surface area contributed by atoms with Gasteiger partial charge in [-0.05, 0) is 69.9 Å². The van der Waals surface area contributed by atoms with Crippen LogP contribution in [-0.4, -0.2) is 70.6 Å². The number of phenolic OH excluding ortho intramolecular Hbond substituents is 1. The highest BCUT2D eigenvalue weighted by molar-refractivity contribution is 8.00. The van der Waals surface area contributed by atoms with Crippen molar-refractivity contribution in [1.29, 1.82) is 0 Å². The molecule has 274 valence electrons. The first-order valence-electron chi connectivity index (χ1n) is 17.7. The van der Waals surface area contributed by atoms with Gasteiger partial charge in [0.05, 0.1) is 35.8 Å². The van der Waals surface area contributed by atoms with E-state index in [2.05, 4.69) is 16.0 Å². The number of hydrogen-bond acceptors (Lipinski definition) is 9. The van der Waals surface area contributed by atoms with Crippen LogP contribution in [0.1, 0.15) is 77.2 Å². The molecule has 1 aromatic rings. The molecule has 2 aliphatic heterocycles. The number of nitrogens with one attached hydrogen (secondary N) is 3. The Labute approximate surface area is 303 Å². The van der Waals surface area contributed by atoms with Gasteiger partial charge in [0.15, 0.2) is 0 Å². The van der Waals surface area contributed by atoms with Crippen molar-refractivity contribution in [2.24, 2.45) is 5.92 Å². The van der Waals surface area contributed by atoms with E-state index in [1.54, 1.807) is 30.4 Å². The van der Waals surface area contributed by atoms with Gasteiger partial charge in [-0.25, -0.2) is 4.79 Å². The number of carbonyl (C=O) groups excluding carboxylic acids is 4. The van der Waals surface area contributed by atoms with Crippen molar-refractivity contribution in [3.8, 4) is 5.75 Å². The third-order valence-electron chi connectivity index (χ3n) is 9.84. The highest BCUT2D eigenvalue weighted by atomic mass is 32.2. The summed E-state index contributed by atoms with van der Waals surface area (Å²) in [6.07, 6.45) is 18.2. The second kappa shape index (κ2) is 17.4. The lowest BCUT2D eigenvalue weighted by Gasteiger charge is -2.30. The Kier molecular flexibility index (Phi) is 13.0. The summed E-state index contributed by atoms with van der Waals surface area (Å²) in [5.41, 5.74) is 1.61. The molecular weight excluding hydrogens is 671 g/mol. The molecule has 51 heavy (non-hydrogen) atoms. The van der Waals surface area contributed by atoms with E-state index >= 15 is 0 Å². The first-order valence-corrected chi connectivity index (χ1v) is 18.7. The molecule has 1 saturated carbocycles. The van der Waals surface area contributed by atoms with E-state index in [-0.39, 0.29) is 41.3 Å². The second-order valence-electron chi connectivity index (χ2n) is 13.7. The molecule has 2 bridgehead atoms. The van der Waals surface area contributed by atoms with Crippen LogP contribution >= 0.6 is 11.8 Å². The van der Waals surface area contributed by atoms with Crippen LogP contribution in [0.2, 0.25) is 0 Å². The average Bonchev–Trinajstić information content (AvgIpc) is 3.91. The smallest absolute Gasteiger partial charge is 0.332 e. The molecule has 4 aliphatic rings. The number of carbonyl (C=O) groups is 4. The van der Waals surface area contributed by atoms with Gasteiger partial charge < -0.3 is 35.6 Å². The van der Waals surface area contributed by atoms with Gasteiger partial charge in [0.25, 0.3) is 0 Å². The zero-order chi connectivity index (χ0) is 36.5. The number of aliphatic hydroxyl groups is 1. The van der Waals surface area contributed by atoms with E-state index in [0.717, 1.165) is 29.7 Å². The van der Waals surface area contributed by atoms with Crippen molar-refractivity contribution < 1.29 is 38.9 Å². The number of aliphatic hydroxyl groups excluding tert-OH is 1. The number of esters is 1. The van der Waals surface area contributed by atoms with Crippen LogP contribution in [0.25, 0.3) is 0 Å². The maximum absolute atomic E-state index is 13.6. The van der Waals surface area contributed by atoms with Crippen molar-refractivity contribution in [2.75, 3.05) is 23.5 Å². The summed E-state index contributed by atoms with van der Waals surface area (Å²) in [6, 6.07) is 1.57. The van der Waals surface area contributed by atoms with Gasteiger partial charge in [0, 0.05) is 35.5 Å². The van der Waals surface area contributed by atoms with Crippen molar-refractivity contribution in [3.63, 3.8) is 0 Å². The van der Waals surface area contributed by atoms with Crippen LogP contribution in [0, 0.1) is 5.92 Å². The number of ether oxygens (including phenoxy) is 2. The monoisotopic (exact) mass is 719 g/mol. The summed E-state index contributed by atoms with van der Waals surface area (Å²) in [7, 11) is 1.51. The molecule has 5 N–H and O–H groups in total. The zero-order valence-corrected chi connectivity index (χ0v) is 30.4. The second-order valence-corrected chi connectivity index (χ2v) is 14.7. The van der Waals surface area contributed by atoms with E-state index in [9.17, 15) is 29.4 Å². The first kappa shape index (κ1) is 38.1. The number of hydrogen-bond donors (Lipinski definition) is 5. The SMILES string of the molecule is COC1C=CC=CC=CCC(OC(=O)C2(NC(=O)C3=CCCCC3)CC2)C(C)C(O)C(C)=CCCc2c(O)c(cc3c2SCC(=O)N3)NC(=O)C1. The molecule has 4 atom stereocenters. The van der Waals surface area contributed by atoms with Crippen LogP contribution in [0.5, 0.6) is 5.75 Å². The molecule has 3 amide bonds. The Morgan fingerprint density at radius 2 is 1.76 bits per heavy atom. The molecule has 0 aromatic heterocycles. The number of methoxy groups -OCH3 is 1. The predicted molar refractivity (Wildman–Crippen MR) is 197 cm³/mol. The van der Waals surface area contributed by atoms with Crippen molar-refractivity contribution in [3.05, 3.63) is 71.4 Å². The van der Waals surface area contributed by atoms with Gasteiger partial charge in [-0.1, -0.05) is 55.5 Å². The molecular formula is C39H49N3O8S. The molecule has 11 nitrogen and oxygen atoms in total. The lowest BCUT2D eigenvalue weighted by molar-refractivity contribution is -0.158. The molecule has 0 saturated heterocycles. The molecule has 0 radical (unpaired) electrons. The molecule has 2 heterocycles. The quantitative estimate of drug-likeness (QED) is 0.110. The topological polar surface area (TPSA) is 163 Å². The fraction of sp³-hybridized carbons (Fsp3) is 0.487. The minimum absolute atomic E-state index is 0.00600. The van der Waals surface area contributed by atoms with Gasteiger partial charge in [-0.2, -0.15) is 0 Å². The molecule has 4 unspecified atom stereocenters. The standard InChI is InChI=1S/C39H49N3O8S/c1-24-13-12-17-28-35(46)29(22-30-36(28)51-23-33(44)41-30)40-32(43)21-27(49-3)16-10-5-4-6-11-18-31(25(2)34(24)45)50-38(48)39(19-20-39)42-37(47)26-14-8-7-9-15-26/h4-6,10-11,13-14,16,22,25,27,31,34,45-46H,7-9,12,15,17-21,23H2,1-3H3,(H,40,43)(H,41,44)(H,42,47). The number of phenols is 1. The Hall–Kier alpha value is -4.13. The van der Waals surface area contributed by atoms with Crippen molar-refractivity contribution in [2.45, 2.75) is 107 Å². The average molecular weight is 720 g/mol. The largest absolute Gasteiger partial charge is 0.505 e. The molecule has 1 aromatic carbocycles. The Balaban J connectivity index is 1.39. The number of benzene rings is 1. The van der Waals surface area contributed by atoms with Gasteiger partial charge in [-0.15, -0.1) is 11.8 Å². The third-order valence-corrected chi connectivity index (χ3v) is 11.0. The summed E-state index contributed by atoms with van der Waals surface area (Å²) in [5, 5.41) is 31.4. The molecule has 2 aliphatic carbocycles. The molecule has 1 fully saturated rings. The van der Waals surface area contributed by atoms with Crippen LogP contribution in [0.15, 0.2) is 70.7 Å². The maximum atomic E-state index is 13.6. The number of allylic oxidation sites excluding steroid dienone is 6. The summed E-state index contributed by atoms with van der Waals surface area (Å²) in [4.78, 5) is 52.6. The lowest BCUT2D eigenvalue weighted by Crippen LogP contribution is -2.47. The van der Waals surface area contributed by atoms with Crippen molar-refractivity contribution >= 4 is 46.8 Å².